The second-order valence-electron chi connectivity index (χ2n) is 8.03. The van der Waals surface area contributed by atoms with Crippen molar-refractivity contribution in [3.63, 3.8) is 0 Å². The van der Waals surface area contributed by atoms with Crippen molar-refractivity contribution in [1.82, 2.24) is 14.9 Å². The van der Waals surface area contributed by atoms with Gasteiger partial charge in [0.25, 0.3) is 0 Å². The molecule has 2 fully saturated rings. The highest BCUT2D eigenvalue weighted by Crippen LogP contribution is 2.21. The first kappa shape index (κ1) is 22.7. The van der Waals surface area contributed by atoms with Crippen LogP contribution in [0.15, 0.2) is 11.2 Å². The van der Waals surface area contributed by atoms with Crippen LogP contribution in [0.1, 0.15) is 58.8 Å². The number of hydrazone groups is 1. The number of nitrogens with one attached hydrogen (secondary N) is 1. The summed E-state index contributed by atoms with van der Waals surface area (Å²) in [6.45, 7) is 11.2. The maximum atomic E-state index is 5.97. The number of anilines is 2. The van der Waals surface area contributed by atoms with Crippen LogP contribution in [-0.4, -0.2) is 73.1 Å². The molecule has 1 aliphatic carbocycles. The average Bonchev–Trinajstić information content (AvgIpc) is 2.79. The van der Waals surface area contributed by atoms with E-state index in [0.717, 1.165) is 77.4 Å². The van der Waals surface area contributed by atoms with Crippen LogP contribution in [-0.2, 0) is 4.74 Å². The fourth-order valence-electron chi connectivity index (χ4n) is 3.88. The number of morpholine rings is 1. The van der Waals surface area contributed by atoms with Gasteiger partial charge in [0.2, 0.25) is 0 Å². The molecule has 1 aromatic rings. The van der Waals surface area contributed by atoms with E-state index in [1.54, 1.807) is 0 Å². The maximum Gasteiger partial charge on any atom is 0.320 e. The highest BCUT2D eigenvalue weighted by atomic mass is 16.5. The van der Waals surface area contributed by atoms with Crippen LogP contribution in [0.2, 0.25) is 0 Å². The molecule has 0 bridgehead atoms. The summed E-state index contributed by atoms with van der Waals surface area (Å²) in [5.41, 5.74) is 4.41. The third kappa shape index (κ3) is 7.40. The molecule has 1 saturated carbocycles. The van der Waals surface area contributed by atoms with Crippen molar-refractivity contribution in [2.75, 3.05) is 62.9 Å². The molecule has 1 aliphatic heterocycles. The predicted octanol–water partition coefficient (Wildman–Crippen LogP) is 3.55. The van der Waals surface area contributed by atoms with Crippen molar-refractivity contribution >= 4 is 17.3 Å². The van der Waals surface area contributed by atoms with Gasteiger partial charge in [-0.3, -0.25) is 10.3 Å². The number of nitrogens with zero attached hydrogens (tertiary/aromatic N) is 5. The minimum atomic E-state index is 0.421. The summed E-state index contributed by atoms with van der Waals surface area (Å²) in [5, 5.41) is 4.62. The first-order valence-corrected chi connectivity index (χ1v) is 11.7. The molecule has 8 nitrogen and oxygen atoms in total. The smallest absolute Gasteiger partial charge is 0.320 e. The predicted molar refractivity (Wildman–Crippen MR) is 122 cm³/mol. The maximum absolute atomic E-state index is 5.97. The Kier molecular flexibility index (Phi) is 9.63. The van der Waals surface area contributed by atoms with Crippen LogP contribution < -0.4 is 15.1 Å². The molecule has 0 spiro atoms. The van der Waals surface area contributed by atoms with E-state index in [1.807, 2.05) is 6.07 Å². The largest absolute Gasteiger partial charge is 0.462 e. The van der Waals surface area contributed by atoms with Crippen LogP contribution in [0.5, 0.6) is 6.01 Å². The van der Waals surface area contributed by atoms with Crippen molar-refractivity contribution < 1.29 is 9.47 Å². The van der Waals surface area contributed by atoms with Crippen LogP contribution in [0.3, 0.4) is 0 Å². The lowest BCUT2D eigenvalue weighted by Gasteiger charge is -2.26. The Morgan fingerprint density at radius 2 is 1.83 bits per heavy atom. The zero-order chi connectivity index (χ0) is 21.0. The Labute approximate surface area is 181 Å². The molecule has 168 valence electrons. The normalized spacial score (nSPS) is 17.6. The van der Waals surface area contributed by atoms with Gasteiger partial charge in [-0.2, -0.15) is 15.1 Å². The van der Waals surface area contributed by atoms with Crippen LogP contribution in [0.4, 0.5) is 11.6 Å². The minimum Gasteiger partial charge on any atom is -0.462 e. The second-order valence-corrected chi connectivity index (χ2v) is 8.03. The lowest BCUT2D eigenvalue weighted by Crippen LogP contribution is -2.38. The van der Waals surface area contributed by atoms with Gasteiger partial charge in [-0.25, -0.2) is 0 Å². The number of hydrogen-bond acceptors (Lipinski definition) is 8. The molecule has 1 saturated heterocycles. The van der Waals surface area contributed by atoms with Crippen molar-refractivity contribution in [3.8, 4) is 6.01 Å². The summed E-state index contributed by atoms with van der Waals surface area (Å²) >= 11 is 0. The van der Waals surface area contributed by atoms with E-state index >= 15 is 0 Å². The monoisotopic (exact) mass is 418 g/mol. The molecule has 2 aliphatic rings. The summed E-state index contributed by atoms with van der Waals surface area (Å²) < 4.78 is 11.4. The first-order valence-electron chi connectivity index (χ1n) is 11.7. The molecule has 1 aromatic heterocycles. The van der Waals surface area contributed by atoms with E-state index in [4.69, 9.17) is 14.5 Å². The zero-order valence-corrected chi connectivity index (χ0v) is 18.7. The molecule has 0 amide bonds. The van der Waals surface area contributed by atoms with E-state index in [9.17, 15) is 0 Å². The molecule has 0 radical (unpaired) electrons. The molecule has 0 aromatic carbocycles. The van der Waals surface area contributed by atoms with Crippen molar-refractivity contribution in [2.24, 2.45) is 5.10 Å². The summed E-state index contributed by atoms with van der Waals surface area (Å²) in [6.07, 6.45) is 8.06. The van der Waals surface area contributed by atoms with Gasteiger partial charge in [0.05, 0.1) is 13.2 Å². The molecule has 2 heterocycles. The molecular weight excluding hydrogens is 380 g/mol. The van der Waals surface area contributed by atoms with E-state index in [0.29, 0.717) is 18.4 Å². The zero-order valence-electron chi connectivity index (χ0n) is 18.7. The Morgan fingerprint density at radius 1 is 1.10 bits per heavy atom. The Hall–Kier alpha value is -1.93. The summed E-state index contributed by atoms with van der Waals surface area (Å²) in [7, 11) is 0. The Balaban J connectivity index is 1.69. The highest BCUT2D eigenvalue weighted by Gasteiger charge is 2.14. The van der Waals surface area contributed by atoms with Gasteiger partial charge in [-0.15, -0.1) is 0 Å². The van der Waals surface area contributed by atoms with E-state index < -0.39 is 0 Å². The molecule has 8 heteroatoms. The van der Waals surface area contributed by atoms with Gasteiger partial charge in [0.1, 0.15) is 12.4 Å². The minimum absolute atomic E-state index is 0.421. The number of hydrogen-bond donors (Lipinski definition) is 1. The third-order valence-electron chi connectivity index (χ3n) is 5.50. The van der Waals surface area contributed by atoms with Gasteiger partial charge >= 0.3 is 6.01 Å². The Bertz CT molecular complexity index is 649. The van der Waals surface area contributed by atoms with Gasteiger partial charge < -0.3 is 14.4 Å². The number of rotatable bonds is 11. The van der Waals surface area contributed by atoms with Crippen LogP contribution in [0.25, 0.3) is 0 Å². The molecule has 0 unspecified atom stereocenters. The van der Waals surface area contributed by atoms with Crippen LogP contribution >= 0.6 is 0 Å². The van der Waals surface area contributed by atoms with E-state index in [-0.39, 0.29) is 0 Å². The van der Waals surface area contributed by atoms with E-state index in [2.05, 4.69) is 39.2 Å². The average molecular weight is 419 g/mol. The fraction of sp³-hybridized carbons (Fsp3) is 0.773. The molecule has 1 N–H and O–H groups in total. The van der Waals surface area contributed by atoms with Gasteiger partial charge in [0.15, 0.2) is 5.82 Å². The standard InChI is InChI=1S/C22H38N6O2/c1-3-10-28(11-4-2)21-18-20(26-25-19-8-6-5-7-9-19)23-22(24-21)30-17-14-27-12-15-29-16-13-27/h18H,3-17H2,1-2H3,(H,23,24,26). The summed E-state index contributed by atoms with van der Waals surface area (Å²) in [6, 6.07) is 2.41. The molecule has 30 heavy (non-hydrogen) atoms. The van der Waals surface area contributed by atoms with Crippen LogP contribution in [0, 0.1) is 0 Å². The number of aromatic nitrogens is 2. The lowest BCUT2D eigenvalue weighted by molar-refractivity contribution is 0.0317. The van der Waals surface area contributed by atoms with Crippen molar-refractivity contribution in [3.05, 3.63) is 6.07 Å². The second kappa shape index (κ2) is 12.7. The number of ether oxygens (including phenoxy) is 2. The van der Waals surface area contributed by atoms with Crippen molar-refractivity contribution in [1.29, 1.82) is 0 Å². The molecule has 3 rings (SSSR count). The van der Waals surface area contributed by atoms with Gasteiger partial charge in [0, 0.05) is 44.5 Å². The van der Waals surface area contributed by atoms with Crippen molar-refractivity contribution in [2.45, 2.75) is 58.8 Å². The fourth-order valence-corrected chi connectivity index (χ4v) is 3.88. The lowest BCUT2D eigenvalue weighted by atomic mass is 9.99. The van der Waals surface area contributed by atoms with E-state index in [1.165, 1.54) is 25.0 Å². The molecular formula is C22H38N6O2. The molecule has 0 atom stereocenters. The quantitative estimate of drug-likeness (QED) is 0.551. The topological polar surface area (TPSA) is 75.1 Å². The third-order valence-corrected chi connectivity index (χ3v) is 5.50. The Morgan fingerprint density at radius 3 is 2.53 bits per heavy atom. The summed E-state index contributed by atoms with van der Waals surface area (Å²) in [4.78, 5) is 13.9. The van der Waals surface area contributed by atoms with Gasteiger partial charge in [-0.1, -0.05) is 20.3 Å². The summed E-state index contributed by atoms with van der Waals surface area (Å²) in [5.74, 6) is 1.61. The highest BCUT2D eigenvalue weighted by molar-refractivity contribution is 5.85. The first-order chi connectivity index (χ1) is 14.8. The SMILES string of the molecule is CCCN(CCC)c1cc(NN=C2CCCCC2)nc(OCCN2CCOCC2)n1. The van der Waals surface area contributed by atoms with Gasteiger partial charge in [-0.05, 0) is 38.5 Å².